The van der Waals surface area contributed by atoms with Gasteiger partial charge in [-0.3, -0.25) is 14.3 Å². The highest BCUT2D eigenvalue weighted by Crippen LogP contribution is 2.22. The van der Waals surface area contributed by atoms with E-state index in [1.165, 1.54) is 16.2 Å². The van der Waals surface area contributed by atoms with Crippen molar-refractivity contribution in [3.05, 3.63) is 39.8 Å². The summed E-state index contributed by atoms with van der Waals surface area (Å²) in [6, 6.07) is 3.74. The molecule has 0 atom stereocenters. The second-order valence-corrected chi connectivity index (χ2v) is 6.36. The Labute approximate surface area is 139 Å². The molecule has 0 spiro atoms. The normalized spacial score (nSPS) is 10.5. The third-order valence-electron chi connectivity index (χ3n) is 3.42. The molecule has 2 aromatic rings. The van der Waals surface area contributed by atoms with E-state index in [-0.39, 0.29) is 18.4 Å². The maximum absolute atomic E-state index is 12.0. The Bertz CT molecular complexity index is 649. The first kappa shape index (κ1) is 17.2. The van der Waals surface area contributed by atoms with E-state index in [0.29, 0.717) is 11.4 Å². The van der Waals surface area contributed by atoms with E-state index in [1.807, 2.05) is 29.9 Å². The molecule has 7 heteroatoms. The molecule has 2 aromatic heterocycles. The standard InChI is InChI=1S/C16H22N4O2S/c1-3-13-12(2)10-14(23-13)16(22)18-11-15(21)17-6-4-8-20-9-5-7-19-20/h5,7,9-10H,3-4,6,8,11H2,1-2H3,(H,17,21)(H,18,22). The van der Waals surface area contributed by atoms with Gasteiger partial charge in [0.1, 0.15) is 0 Å². The maximum Gasteiger partial charge on any atom is 0.261 e. The molecule has 23 heavy (non-hydrogen) atoms. The van der Waals surface area contributed by atoms with Crippen molar-refractivity contribution >= 4 is 23.2 Å². The number of rotatable bonds is 8. The van der Waals surface area contributed by atoms with Crippen LogP contribution in [-0.2, 0) is 17.8 Å². The van der Waals surface area contributed by atoms with E-state index in [4.69, 9.17) is 0 Å². The highest BCUT2D eigenvalue weighted by molar-refractivity contribution is 7.14. The van der Waals surface area contributed by atoms with Crippen LogP contribution in [0.5, 0.6) is 0 Å². The molecule has 2 amide bonds. The molecule has 0 radical (unpaired) electrons. The molecule has 2 rings (SSSR count). The number of amides is 2. The smallest absolute Gasteiger partial charge is 0.261 e. The number of carbonyl (C=O) groups excluding carboxylic acids is 2. The maximum atomic E-state index is 12.0. The number of hydrogen-bond acceptors (Lipinski definition) is 4. The average molecular weight is 334 g/mol. The Morgan fingerprint density at radius 1 is 1.35 bits per heavy atom. The summed E-state index contributed by atoms with van der Waals surface area (Å²) in [5.41, 5.74) is 1.13. The van der Waals surface area contributed by atoms with Crippen molar-refractivity contribution in [3.63, 3.8) is 0 Å². The van der Waals surface area contributed by atoms with Crippen molar-refractivity contribution < 1.29 is 9.59 Å². The van der Waals surface area contributed by atoms with Crippen molar-refractivity contribution in [3.8, 4) is 0 Å². The molecule has 6 nitrogen and oxygen atoms in total. The second kappa shape index (κ2) is 8.47. The summed E-state index contributed by atoms with van der Waals surface area (Å²) in [4.78, 5) is 25.6. The molecule has 0 bridgehead atoms. The van der Waals surface area contributed by atoms with Crippen molar-refractivity contribution in [1.29, 1.82) is 0 Å². The van der Waals surface area contributed by atoms with Crippen molar-refractivity contribution in [2.24, 2.45) is 0 Å². The fraction of sp³-hybridized carbons (Fsp3) is 0.438. The van der Waals surface area contributed by atoms with Crippen molar-refractivity contribution in [1.82, 2.24) is 20.4 Å². The van der Waals surface area contributed by atoms with E-state index >= 15 is 0 Å². The van der Waals surface area contributed by atoms with E-state index < -0.39 is 0 Å². The molecule has 0 saturated heterocycles. The monoisotopic (exact) mass is 334 g/mol. The lowest BCUT2D eigenvalue weighted by Crippen LogP contribution is -2.37. The summed E-state index contributed by atoms with van der Waals surface area (Å²) < 4.78 is 1.82. The van der Waals surface area contributed by atoms with Crippen molar-refractivity contribution in [2.75, 3.05) is 13.1 Å². The minimum atomic E-state index is -0.190. The third kappa shape index (κ3) is 5.21. The van der Waals surface area contributed by atoms with Gasteiger partial charge in [-0.05, 0) is 37.5 Å². The fourth-order valence-electron chi connectivity index (χ4n) is 2.19. The molecule has 0 aliphatic heterocycles. The minimum Gasteiger partial charge on any atom is -0.355 e. The van der Waals surface area contributed by atoms with E-state index in [1.54, 1.807) is 6.20 Å². The van der Waals surface area contributed by atoms with Crippen LogP contribution in [0.25, 0.3) is 0 Å². The van der Waals surface area contributed by atoms with Gasteiger partial charge >= 0.3 is 0 Å². The second-order valence-electron chi connectivity index (χ2n) is 5.23. The first-order valence-corrected chi connectivity index (χ1v) is 8.53. The average Bonchev–Trinajstić information content (AvgIpc) is 3.18. The van der Waals surface area contributed by atoms with Crippen LogP contribution in [0, 0.1) is 6.92 Å². The molecule has 0 aliphatic carbocycles. The molecule has 0 aromatic carbocycles. The zero-order chi connectivity index (χ0) is 16.7. The Hall–Kier alpha value is -2.15. The zero-order valence-electron chi connectivity index (χ0n) is 13.5. The predicted molar refractivity (Wildman–Crippen MR) is 90.6 cm³/mol. The number of thiophene rings is 1. The topological polar surface area (TPSA) is 76.0 Å². The van der Waals surface area contributed by atoms with Crippen LogP contribution < -0.4 is 10.6 Å². The van der Waals surface area contributed by atoms with Gasteiger partial charge in [0.25, 0.3) is 5.91 Å². The number of carbonyl (C=O) groups is 2. The lowest BCUT2D eigenvalue weighted by Gasteiger charge is -2.06. The number of nitrogens with zero attached hydrogens (tertiary/aromatic N) is 2. The summed E-state index contributed by atoms with van der Waals surface area (Å²) in [5.74, 6) is -0.368. The van der Waals surface area contributed by atoms with Gasteiger partial charge < -0.3 is 10.6 Å². The SMILES string of the molecule is CCc1sc(C(=O)NCC(=O)NCCCn2cccn2)cc1C. The lowest BCUT2D eigenvalue weighted by molar-refractivity contribution is -0.120. The molecule has 2 heterocycles. The first-order chi connectivity index (χ1) is 11.1. The van der Waals surface area contributed by atoms with Crippen LogP contribution in [0.4, 0.5) is 0 Å². The summed E-state index contributed by atoms with van der Waals surface area (Å²) in [6.45, 7) is 5.38. The van der Waals surface area contributed by atoms with Crippen LogP contribution in [0.2, 0.25) is 0 Å². The van der Waals surface area contributed by atoms with Gasteiger partial charge in [0, 0.05) is 30.4 Å². The third-order valence-corrected chi connectivity index (χ3v) is 4.80. The largest absolute Gasteiger partial charge is 0.355 e. The van der Waals surface area contributed by atoms with E-state index in [2.05, 4.69) is 22.7 Å². The lowest BCUT2D eigenvalue weighted by atomic mass is 10.2. The fourth-order valence-corrected chi connectivity index (χ4v) is 3.22. The van der Waals surface area contributed by atoms with Crippen LogP contribution in [-0.4, -0.2) is 34.7 Å². The van der Waals surface area contributed by atoms with Gasteiger partial charge in [-0.1, -0.05) is 6.92 Å². The Kier molecular flexibility index (Phi) is 6.34. The summed E-state index contributed by atoms with van der Waals surface area (Å²) in [6.07, 6.45) is 5.33. The Morgan fingerprint density at radius 2 is 2.17 bits per heavy atom. The summed E-state index contributed by atoms with van der Waals surface area (Å²) in [7, 11) is 0. The molecule has 0 aliphatic rings. The van der Waals surface area contributed by atoms with Gasteiger partial charge in [0.15, 0.2) is 0 Å². The highest BCUT2D eigenvalue weighted by atomic mass is 32.1. The summed E-state index contributed by atoms with van der Waals surface area (Å²) >= 11 is 1.49. The van der Waals surface area contributed by atoms with Crippen LogP contribution in [0.15, 0.2) is 24.5 Å². The van der Waals surface area contributed by atoms with E-state index in [0.717, 1.165) is 24.9 Å². The summed E-state index contributed by atoms with van der Waals surface area (Å²) in [5, 5.41) is 9.54. The zero-order valence-corrected chi connectivity index (χ0v) is 14.3. The Balaban J connectivity index is 1.66. The number of aromatic nitrogens is 2. The van der Waals surface area contributed by atoms with Gasteiger partial charge in [-0.2, -0.15) is 5.10 Å². The molecule has 2 N–H and O–H groups in total. The highest BCUT2D eigenvalue weighted by Gasteiger charge is 2.12. The van der Waals surface area contributed by atoms with Gasteiger partial charge in [0.2, 0.25) is 5.91 Å². The molecular formula is C16H22N4O2S. The van der Waals surface area contributed by atoms with Crippen molar-refractivity contribution in [2.45, 2.75) is 33.2 Å². The number of nitrogens with one attached hydrogen (secondary N) is 2. The molecule has 124 valence electrons. The van der Waals surface area contributed by atoms with Crippen LogP contribution >= 0.6 is 11.3 Å². The minimum absolute atomic E-state index is 0.000983. The van der Waals surface area contributed by atoms with Gasteiger partial charge in [-0.15, -0.1) is 11.3 Å². The molecule has 0 saturated carbocycles. The molecule has 0 unspecified atom stereocenters. The molecule has 0 fully saturated rings. The van der Waals surface area contributed by atoms with Gasteiger partial charge in [-0.25, -0.2) is 0 Å². The number of aryl methyl sites for hydroxylation is 3. The van der Waals surface area contributed by atoms with Gasteiger partial charge in [0.05, 0.1) is 11.4 Å². The molecular weight excluding hydrogens is 312 g/mol. The van der Waals surface area contributed by atoms with E-state index in [9.17, 15) is 9.59 Å². The number of hydrogen-bond donors (Lipinski definition) is 2. The Morgan fingerprint density at radius 3 is 2.83 bits per heavy atom. The quantitative estimate of drug-likeness (QED) is 0.722. The predicted octanol–water partition coefficient (Wildman–Crippen LogP) is 1.75. The van der Waals surface area contributed by atoms with Crippen LogP contribution in [0.3, 0.4) is 0 Å². The van der Waals surface area contributed by atoms with Crippen LogP contribution in [0.1, 0.15) is 33.5 Å². The first-order valence-electron chi connectivity index (χ1n) is 7.71.